The fraction of sp³-hybridized carbons (Fsp3) is 0.222. The van der Waals surface area contributed by atoms with Gasteiger partial charge >= 0.3 is 5.97 Å². The molecule has 14 heavy (non-hydrogen) atoms. The fourth-order valence-electron chi connectivity index (χ4n) is 1.35. The number of nitrogens with zero attached hydrogens (tertiary/aromatic N) is 2. The molecule has 1 aromatic rings. The van der Waals surface area contributed by atoms with Crippen molar-refractivity contribution < 1.29 is 9.90 Å². The largest absolute Gasteiger partial charge is 0.476 e. The molecule has 1 aliphatic heterocycles. The summed E-state index contributed by atoms with van der Waals surface area (Å²) < 4.78 is 0. The van der Waals surface area contributed by atoms with E-state index < -0.39 is 5.97 Å². The summed E-state index contributed by atoms with van der Waals surface area (Å²) in [7, 11) is 0. The Balaban J connectivity index is 2.46. The summed E-state index contributed by atoms with van der Waals surface area (Å²) in [5, 5.41) is 11.9. The van der Waals surface area contributed by atoms with Crippen LogP contribution in [-0.2, 0) is 0 Å². The Labute approximate surface area is 80.5 Å². The van der Waals surface area contributed by atoms with Crippen LogP contribution in [0.1, 0.15) is 16.1 Å². The molecule has 1 aromatic heterocycles. The lowest BCUT2D eigenvalue weighted by Crippen LogP contribution is -2.22. The van der Waals surface area contributed by atoms with Crippen LogP contribution in [0.25, 0.3) is 0 Å². The number of amidine groups is 1. The van der Waals surface area contributed by atoms with E-state index in [1.807, 2.05) is 0 Å². The van der Waals surface area contributed by atoms with E-state index in [1.165, 1.54) is 6.20 Å². The predicted octanol–water partition coefficient (Wildman–Crippen LogP) is 0.130. The third-order valence-electron chi connectivity index (χ3n) is 1.94. The lowest BCUT2D eigenvalue weighted by Gasteiger charge is -2.04. The van der Waals surface area contributed by atoms with E-state index in [0.717, 1.165) is 6.54 Å². The van der Waals surface area contributed by atoms with Gasteiger partial charge < -0.3 is 10.4 Å². The monoisotopic (exact) mass is 191 g/mol. The van der Waals surface area contributed by atoms with Crippen LogP contribution in [0.5, 0.6) is 0 Å². The van der Waals surface area contributed by atoms with Gasteiger partial charge in [-0.3, -0.25) is 4.99 Å². The van der Waals surface area contributed by atoms with Crippen LogP contribution in [0.4, 0.5) is 0 Å². The maximum Gasteiger partial charge on any atom is 0.355 e. The van der Waals surface area contributed by atoms with Crippen molar-refractivity contribution in [3.8, 4) is 0 Å². The number of aromatic carboxylic acids is 1. The van der Waals surface area contributed by atoms with Crippen LogP contribution >= 0.6 is 0 Å². The molecule has 0 atom stereocenters. The number of hydrogen-bond donors (Lipinski definition) is 2. The van der Waals surface area contributed by atoms with Gasteiger partial charge in [0, 0.05) is 18.3 Å². The first-order valence-corrected chi connectivity index (χ1v) is 4.26. The molecule has 72 valence electrons. The van der Waals surface area contributed by atoms with E-state index >= 15 is 0 Å². The van der Waals surface area contributed by atoms with Crippen molar-refractivity contribution in [3.05, 3.63) is 29.6 Å². The summed E-state index contributed by atoms with van der Waals surface area (Å²) in [6, 6.07) is 3.40. The number of pyridine rings is 1. The molecule has 0 radical (unpaired) electrons. The average molecular weight is 191 g/mol. The highest BCUT2D eigenvalue weighted by Crippen LogP contribution is 2.07. The second-order valence-corrected chi connectivity index (χ2v) is 2.86. The molecule has 1 aliphatic rings. The zero-order valence-corrected chi connectivity index (χ0v) is 7.40. The van der Waals surface area contributed by atoms with Crippen molar-refractivity contribution >= 4 is 11.8 Å². The molecule has 0 amide bonds. The van der Waals surface area contributed by atoms with Gasteiger partial charge in [-0.1, -0.05) is 0 Å². The fourth-order valence-corrected chi connectivity index (χ4v) is 1.35. The molecule has 0 fully saturated rings. The van der Waals surface area contributed by atoms with Gasteiger partial charge in [-0.05, 0) is 12.1 Å². The molecular formula is C9H9N3O2. The van der Waals surface area contributed by atoms with E-state index in [-0.39, 0.29) is 5.69 Å². The Kier molecular flexibility index (Phi) is 2.14. The van der Waals surface area contributed by atoms with Crippen molar-refractivity contribution in [2.45, 2.75) is 0 Å². The molecular weight excluding hydrogens is 182 g/mol. The zero-order valence-electron chi connectivity index (χ0n) is 7.40. The van der Waals surface area contributed by atoms with Crippen LogP contribution in [0, 0.1) is 0 Å². The van der Waals surface area contributed by atoms with Crippen LogP contribution in [0.2, 0.25) is 0 Å². The molecule has 5 heteroatoms. The third-order valence-corrected chi connectivity index (χ3v) is 1.94. The number of carbonyl (C=O) groups is 1. The second-order valence-electron chi connectivity index (χ2n) is 2.86. The van der Waals surface area contributed by atoms with E-state index in [2.05, 4.69) is 15.3 Å². The molecule has 0 bridgehead atoms. The first-order valence-electron chi connectivity index (χ1n) is 4.26. The van der Waals surface area contributed by atoms with E-state index in [0.29, 0.717) is 17.9 Å². The third kappa shape index (κ3) is 1.44. The summed E-state index contributed by atoms with van der Waals surface area (Å²) >= 11 is 0. The number of carboxylic acid groups (broad SMARTS) is 1. The standard InChI is InChI=1S/C9H9N3O2/c13-9(14)7-6(2-1-3-10-7)8-11-4-5-12-8/h1-3H,4-5H2,(H,11,12)(H,13,14). The first-order chi connectivity index (χ1) is 6.79. The van der Waals surface area contributed by atoms with Gasteiger partial charge in [0.15, 0.2) is 5.69 Å². The van der Waals surface area contributed by atoms with Gasteiger partial charge in [-0.2, -0.15) is 0 Å². The smallest absolute Gasteiger partial charge is 0.355 e. The normalized spacial score (nSPS) is 14.7. The Hall–Kier alpha value is -1.91. The molecule has 0 saturated heterocycles. The van der Waals surface area contributed by atoms with E-state index in [4.69, 9.17) is 5.11 Å². The summed E-state index contributed by atoms with van der Waals surface area (Å²) in [5.74, 6) is -0.410. The maximum absolute atomic E-state index is 10.8. The highest BCUT2D eigenvalue weighted by atomic mass is 16.4. The summed E-state index contributed by atoms with van der Waals surface area (Å²) in [4.78, 5) is 18.8. The maximum atomic E-state index is 10.8. The van der Waals surface area contributed by atoms with Gasteiger partial charge in [0.2, 0.25) is 0 Å². The zero-order chi connectivity index (χ0) is 9.97. The number of rotatable bonds is 2. The van der Waals surface area contributed by atoms with Gasteiger partial charge in [0.05, 0.1) is 6.54 Å². The Bertz CT molecular complexity index is 401. The summed E-state index contributed by atoms with van der Waals surface area (Å²) in [6.07, 6.45) is 1.46. The van der Waals surface area contributed by atoms with E-state index in [1.54, 1.807) is 12.1 Å². The van der Waals surface area contributed by atoms with Crippen molar-refractivity contribution in [2.75, 3.05) is 13.1 Å². The van der Waals surface area contributed by atoms with Crippen molar-refractivity contribution in [3.63, 3.8) is 0 Å². The summed E-state index contributed by atoms with van der Waals surface area (Å²) in [5.41, 5.74) is 0.596. The molecule has 2 heterocycles. The van der Waals surface area contributed by atoms with Crippen molar-refractivity contribution in [2.24, 2.45) is 4.99 Å². The quantitative estimate of drug-likeness (QED) is 0.696. The molecule has 0 unspecified atom stereocenters. The minimum atomic E-state index is -1.03. The number of carboxylic acids is 1. The van der Waals surface area contributed by atoms with Gasteiger partial charge in [0.1, 0.15) is 5.84 Å². The number of nitrogens with one attached hydrogen (secondary N) is 1. The second kappa shape index (κ2) is 3.45. The Morgan fingerprint density at radius 3 is 3.07 bits per heavy atom. The first kappa shape index (κ1) is 8.68. The SMILES string of the molecule is O=C(O)c1ncccc1C1=NCCN1. The molecule has 2 N–H and O–H groups in total. The van der Waals surface area contributed by atoms with Crippen LogP contribution in [0.3, 0.4) is 0 Å². The highest BCUT2D eigenvalue weighted by molar-refractivity contribution is 6.06. The van der Waals surface area contributed by atoms with Crippen molar-refractivity contribution in [1.82, 2.24) is 10.3 Å². The van der Waals surface area contributed by atoms with Crippen LogP contribution in [0.15, 0.2) is 23.3 Å². The summed E-state index contributed by atoms with van der Waals surface area (Å²) in [6.45, 7) is 1.44. The molecule has 2 rings (SSSR count). The number of aromatic nitrogens is 1. The predicted molar refractivity (Wildman–Crippen MR) is 50.6 cm³/mol. The topological polar surface area (TPSA) is 74.6 Å². The molecule has 5 nitrogen and oxygen atoms in total. The molecule has 0 spiro atoms. The average Bonchev–Trinajstić information content (AvgIpc) is 2.70. The molecule has 0 saturated carbocycles. The number of aliphatic imine (C=N–C) groups is 1. The minimum Gasteiger partial charge on any atom is -0.476 e. The van der Waals surface area contributed by atoms with Gasteiger partial charge in [-0.25, -0.2) is 9.78 Å². The molecule has 0 aromatic carbocycles. The van der Waals surface area contributed by atoms with Crippen LogP contribution < -0.4 is 5.32 Å². The molecule has 0 aliphatic carbocycles. The Morgan fingerprint density at radius 2 is 2.43 bits per heavy atom. The highest BCUT2D eigenvalue weighted by Gasteiger charge is 2.17. The van der Waals surface area contributed by atoms with Crippen molar-refractivity contribution in [1.29, 1.82) is 0 Å². The van der Waals surface area contributed by atoms with Gasteiger partial charge in [-0.15, -0.1) is 0 Å². The Morgan fingerprint density at radius 1 is 1.57 bits per heavy atom. The van der Waals surface area contributed by atoms with Crippen LogP contribution in [-0.4, -0.2) is 35.0 Å². The number of hydrogen-bond acceptors (Lipinski definition) is 4. The minimum absolute atomic E-state index is 0.0423. The van der Waals surface area contributed by atoms with E-state index in [9.17, 15) is 4.79 Å². The van der Waals surface area contributed by atoms with Gasteiger partial charge in [0.25, 0.3) is 0 Å². The lowest BCUT2D eigenvalue weighted by molar-refractivity contribution is 0.0690. The lowest BCUT2D eigenvalue weighted by atomic mass is 10.2.